The Labute approximate surface area is 109 Å². The minimum atomic E-state index is -0.332. The van der Waals surface area contributed by atoms with Crippen LogP contribution in [0.1, 0.15) is 25.0 Å². The fraction of sp³-hybridized carbons (Fsp3) is 0.533. The van der Waals surface area contributed by atoms with Crippen molar-refractivity contribution in [2.24, 2.45) is 5.41 Å². The first-order valence-electron chi connectivity index (χ1n) is 6.55. The van der Waals surface area contributed by atoms with Crippen LogP contribution in [-0.4, -0.2) is 30.9 Å². The summed E-state index contributed by atoms with van der Waals surface area (Å²) in [6.45, 7) is 6.31. The number of carbonyl (C=O) groups is 1. The number of fused-ring (bicyclic) bond motifs is 1. The molecule has 1 aliphatic heterocycles. The molecule has 0 aromatic heterocycles. The highest BCUT2D eigenvalue weighted by atomic mass is 16.2. The van der Waals surface area contributed by atoms with Crippen molar-refractivity contribution >= 4 is 5.91 Å². The molecule has 0 radical (unpaired) electrons. The minimum absolute atomic E-state index is 0.242. The van der Waals surface area contributed by atoms with Gasteiger partial charge >= 0.3 is 0 Å². The zero-order chi connectivity index (χ0) is 13.2. The Morgan fingerprint density at radius 1 is 1.33 bits per heavy atom. The van der Waals surface area contributed by atoms with E-state index in [4.69, 9.17) is 0 Å². The molecule has 0 spiro atoms. The highest BCUT2D eigenvalue weighted by Crippen LogP contribution is 2.24. The summed E-state index contributed by atoms with van der Waals surface area (Å²) >= 11 is 0. The molecule has 0 aliphatic carbocycles. The average molecular weight is 246 g/mol. The number of carbonyl (C=O) groups excluding carboxylic acids is 1. The standard InChI is InChI=1S/C15H22N2O/c1-15(2,11-16-3)14(18)17-9-8-12-6-4-5-7-13(12)10-17/h4-7,16H,8-11H2,1-3H3. The van der Waals surface area contributed by atoms with E-state index in [-0.39, 0.29) is 11.3 Å². The minimum Gasteiger partial charge on any atom is -0.338 e. The molecule has 1 aromatic rings. The van der Waals surface area contributed by atoms with E-state index >= 15 is 0 Å². The van der Waals surface area contributed by atoms with Gasteiger partial charge in [-0.1, -0.05) is 24.3 Å². The summed E-state index contributed by atoms with van der Waals surface area (Å²) in [5, 5.41) is 3.10. The molecule has 3 nitrogen and oxygen atoms in total. The lowest BCUT2D eigenvalue weighted by atomic mass is 9.89. The van der Waals surface area contributed by atoms with Gasteiger partial charge in [0.2, 0.25) is 5.91 Å². The highest BCUT2D eigenvalue weighted by molar-refractivity contribution is 5.82. The third kappa shape index (κ3) is 2.56. The van der Waals surface area contributed by atoms with Crippen molar-refractivity contribution in [2.45, 2.75) is 26.8 Å². The fourth-order valence-corrected chi connectivity index (χ4v) is 2.61. The molecule has 0 saturated carbocycles. The Hall–Kier alpha value is -1.35. The third-order valence-corrected chi connectivity index (χ3v) is 3.62. The van der Waals surface area contributed by atoms with Crippen LogP contribution in [0, 0.1) is 5.41 Å². The van der Waals surface area contributed by atoms with Crippen molar-refractivity contribution in [1.29, 1.82) is 0 Å². The lowest BCUT2D eigenvalue weighted by Gasteiger charge is -2.35. The summed E-state index contributed by atoms with van der Waals surface area (Å²) in [5.41, 5.74) is 2.34. The lowest BCUT2D eigenvalue weighted by Crippen LogP contribution is -2.47. The number of amides is 1. The summed E-state index contributed by atoms with van der Waals surface area (Å²) < 4.78 is 0. The van der Waals surface area contributed by atoms with Crippen molar-refractivity contribution in [2.75, 3.05) is 20.1 Å². The van der Waals surface area contributed by atoms with Crippen LogP contribution in [0.25, 0.3) is 0 Å². The van der Waals surface area contributed by atoms with E-state index < -0.39 is 0 Å². The van der Waals surface area contributed by atoms with Crippen LogP contribution < -0.4 is 5.32 Å². The van der Waals surface area contributed by atoms with Gasteiger partial charge in [-0.05, 0) is 38.4 Å². The van der Waals surface area contributed by atoms with Gasteiger partial charge in [-0.15, -0.1) is 0 Å². The molecule has 1 aromatic carbocycles. The molecular weight excluding hydrogens is 224 g/mol. The first-order chi connectivity index (χ1) is 8.54. The predicted molar refractivity (Wildman–Crippen MR) is 73.3 cm³/mol. The number of benzene rings is 1. The second-order valence-electron chi connectivity index (χ2n) is 5.66. The Morgan fingerprint density at radius 2 is 2.00 bits per heavy atom. The van der Waals surface area contributed by atoms with E-state index in [2.05, 4.69) is 23.5 Å². The second-order valence-corrected chi connectivity index (χ2v) is 5.66. The molecule has 1 heterocycles. The summed E-state index contributed by atoms with van der Waals surface area (Å²) in [5.74, 6) is 0.242. The van der Waals surface area contributed by atoms with Gasteiger partial charge < -0.3 is 10.2 Å². The first kappa shape index (κ1) is 13.1. The van der Waals surface area contributed by atoms with Gasteiger partial charge in [0.05, 0.1) is 5.41 Å². The van der Waals surface area contributed by atoms with Crippen LogP contribution >= 0.6 is 0 Å². The van der Waals surface area contributed by atoms with E-state index in [9.17, 15) is 4.79 Å². The predicted octanol–water partition coefficient (Wildman–Crippen LogP) is 1.82. The molecule has 2 rings (SSSR count). The van der Waals surface area contributed by atoms with Crippen LogP contribution in [0.3, 0.4) is 0 Å². The molecule has 3 heteroatoms. The number of rotatable bonds is 3. The van der Waals surface area contributed by atoms with E-state index in [1.165, 1.54) is 11.1 Å². The van der Waals surface area contributed by atoms with Gasteiger partial charge in [-0.3, -0.25) is 4.79 Å². The zero-order valence-corrected chi connectivity index (χ0v) is 11.5. The summed E-state index contributed by atoms with van der Waals surface area (Å²) in [6.07, 6.45) is 0.970. The highest BCUT2D eigenvalue weighted by Gasteiger charge is 2.32. The van der Waals surface area contributed by atoms with Crippen LogP contribution in [0.2, 0.25) is 0 Å². The Balaban J connectivity index is 2.11. The molecule has 0 fully saturated rings. The molecule has 18 heavy (non-hydrogen) atoms. The smallest absolute Gasteiger partial charge is 0.229 e. The van der Waals surface area contributed by atoms with Crippen LogP contribution in [0.5, 0.6) is 0 Å². The van der Waals surface area contributed by atoms with Gasteiger partial charge in [0.25, 0.3) is 0 Å². The molecule has 98 valence electrons. The monoisotopic (exact) mass is 246 g/mol. The van der Waals surface area contributed by atoms with E-state index in [0.717, 1.165) is 19.5 Å². The van der Waals surface area contributed by atoms with Gasteiger partial charge in [0.1, 0.15) is 0 Å². The molecule has 0 saturated heterocycles. The van der Waals surface area contributed by atoms with Crippen molar-refractivity contribution < 1.29 is 4.79 Å². The van der Waals surface area contributed by atoms with Crippen molar-refractivity contribution in [3.63, 3.8) is 0 Å². The topological polar surface area (TPSA) is 32.3 Å². The van der Waals surface area contributed by atoms with E-state index in [0.29, 0.717) is 6.54 Å². The van der Waals surface area contributed by atoms with Crippen molar-refractivity contribution in [1.82, 2.24) is 10.2 Å². The zero-order valence-electron chi connectivity index (χ0n) is 11.5. The summed E-state index contributed by atoms with van der Waals surface area (Å²) in [7, 11) is 1.89. The molecule has 1 amide bonds. The molecule has 1 N–H and O–H groups in total. The molecule has 1 aliphatic rings. The molecule has 0 atom stereocenters. The maximum absolute atomic E-state index is 12.5. The molecular formula is C15H22N2O. The van der Waals surface area contributed by atoms with Crippen molar-refractivity contribution in [3.8, 4) is 0 Å². The Kier molecular flexibility index (Phi) is 3.71. The van der Waals surface area contributed by atoms with E-state index in [1.807, 2.05) is 31.9 Å². The first-order valence-corrected chi connectivity index (χ1v) is 6.55. The van der Waals surface area contributed by atoms with Gasteiger partial charge in [0, 0.05) is 19.6 Å². The van der Waals surface area contributed by atoms with Gasteiger partial charge in [-0.2, -0.15) is 0 Å². The third-order valence-electron chi connectivity index (χ3n) is 3.62. The maximum atomic E-state index is 12.5. The van der Waals surface area contributed by atoms with E-state index in [1.54, 1.807) is 0 Å². The van der Waals surface area contributed by atoms with Crippen molar-refractivity contribution in [3.05, 3.63) is 35.4 Å². The normalized spacial score (nSPS) is 15.4. The van der Waals surface area contributed by atoms with Crippen LogP contribution in [0.15, 0.2) is 24.3 Å². The number of nitrogens with one attached hydrogen (secondary N) is 1. The largest absolute Gasteiger partial charge is 0.338 e. The molecule has 0 unspecified atom stereocenters. The number of nitrogens with zero attached hydrogens (tertiary/aromatic N) is 1. The lowest BCUT2D eigenvalue weighted by molar-refractivity contribution is -0.141. The van der Waals surface area contributed by atoms with Crippen LogP contribution in [-0.2, 0) is 17.8 Å². The fourth-order valence-electron chi connectivity index (χ4n) is 2.61. The second kappa shape index (κ2) is 5.11. The SMILES string of the molecule is CNCC(C)(C)C(=O)N1CCc2ccccc2C1. The summed E-state index contributed by atoms with van der Waals surface area (Å²) in [6, 6.07) is 8.41. The Morgan fingerprint density at radius 3 is 2.67 bits per heavy atom. The van der Waals surface area contributed by atoms with Crippen LogP contribution in [0.4, 0.5) is 0 Å². The van der Waals surface area contributed by atoms with Gasteiger partial charge in [-0.25, -0.2) is 0 Å². The molecule has 0 bridgehead atoms. The number of hydrogen-bond acceptors (Lipinski definition) is 2. The number of hydrogen-bond donors (Lipinski definition) is 1. The van der Waals surface area contributed by atoms with Gasteiger partial charge in [0.15, 0.2) is 0 Å². The average Bonchev–Trinajstić information content (AvgIpc) is 2.37. The summed E-state index contributed by atoms with van der Waals surface area (Å²) in [4.78, 5) is 14.5. The maximum Gasteiger partial charge on any atom is 0.229 e. The Bertz CT molecular complexity index is 440. The quantitative estimate of drug-likeness (QED) is 0.882.